The Balaban J connectivity index is 2.11. The van der Waals surface area contributed by atoms with Gasteiger partial charge in [-0.15, -0.1) is 0 Å². The molecule has 2 atom stereocenters. The van der Waals surface area contributed by atoms with Crippen LogP contribution in [0.5, 0.6) is 0 Å². The number of aliphatic carboxylic acids is 1. The molecule has 2 unspecified atom stereocenters. The standard InChI is InChI=1S/C7H10N2O3/c10-7(11)6-5-4(3-9-6)12-2-1-8-5/h3,5-6,8-9H,1-2H2,(H,10,11). The smallest absolute Gasteiger partial charge is 0.328 e. The number of ether oxygens (including phenoxy) is 1. The molecule has 0 spiro atoms. The number of hydrogen-bond donors (Lipinski definition) is 3. The quantitative estimate of drug-likeness (QED) is 0.464. The van der Waals surface area contributed by atoms with E-state index in [0.717, 1.165) is 0 Å². The lowest BCUT2D eigenvalue weighted by Crippen LogP contribution is -2.50. The predicted octanol–water partition coefficient (Wildman–Crippen LogP) is -1.13. The Hall–Kier alpha value is -1.23. The van der Waals surface area contributed by atoms with Crippen LogP contribution in [0.1, 0.15) is 0 Å². The SMILES string of the molecule is O=C(O)C1NC=C2OCCNC21. The molecule has 0 aromatic heterocycles. The zero-order valence-electron chi connectivity index (χ0n) is 6.41. The topological polar surface area (TPSA) is 70.6 Å². The minimum Gasteiger partial charge on any atom is -0.493 e. The summed E-state index contributed by atoms with van der Waals surface area (Å²) in [7, 11) is 0. The summed E-state index contributed by atoms with van der Waals surface area (Å²) in [6.45, 7) is 1.31. The summed E-state index contributed by atoms with van der Waals surface area (Å²) >= 11 is 0. The van der Waals surface area contributed by atoms with Gasteiger partial charge in [0.1, 0.15) is 18.4 Å². The van der Waals surface area contributed by atoms with E-state index in [9.17, 15) is 4.79 Å². The Morgan fingerprint density at radius 3 is 3.33 bits per heavy atom. The van der Waals surface area contributed by atoms with Gasteiger partial charge >= 0.3 is 5.97 Å². The Kier molecular flexibility index (Phi) is 1.65. The summed E-state index contributed by atoms with van der Waals surface area (Å²) in [5.41, 5.74) is 0. The predicted molar refractivity (Wildman–Crippen MR) is 40.4 cm³/mol. The highest BCUT2D eigenvalue weighted by Crippen LogP contribution is 2.17. The van der Waals surface area contributed by atoms with Crippen LogP contribution in [0.4, 0.5) is 0 Å². The molecule has 5 nitrogen and oxygen atoms in total. The van der Waals surface area contributed by atoms with E-state index in [0.29, 0.717) is 18.9 Å². The minimum atomic E-state index is -0.857. The number of morpholine rings is 1. The van der Waals surface area contributed by atoms with Gasteiger partial charge in [0.05, 0.1) is 6.04 Å². The molecule has 0 aromatic carbocycles. The molecule has 0 aromatic rings. The van der Waals surface area contributed by atoms with Crippen LogP contribution in [0, 0.1) is 0 Å². The second kappa shape index (κ2) is 2.67. The first-order valence-electron chi connectivity index (χ1n) is 3.84. The van der Waals surface area contributed by atoms with Crippen LogP contribution >= 0.6 is 0 Å². The number of hydrogen-bond acceptors (Lipinski definition) is 4. The third kappa shape index (κ3) is 1.02. The molecule has 1 fully saturated rings. The van der Waals surface area contributed by atoms with Crippen molar-refractivity contribution in [1.29, 1.82) is 0 Å². The van der Waals surface area contributed by atoms with Crippen LogP contribution in [0.3, 0.4) is 0 Å². The van der Waals surface area contributed by atoms with Crippen LogP contribution in [-0.2, 0) is 9.53 Å². The van der Waals surface area contributed by atoms with Crippen LogP contribution in [0.2, 0.25) is 0 Å². The molecular formula is C7H10N2O3. The highest BCUT2D eigenvalue weighted by molar-refractivity contribution is 5.76. The fourth-order valence-electron chi connectivity index (χ4n) is 1.47. The van der Waals surface area contributed by atoms with Gasteiger partial charge in [-0.25, -0.2) is 4.79 Å². The second-order valence-electron chi connectivity index (χ2n) is 2.81. The maximum absolute atomic E-state index is 10.7. The lowest BCUT2D eigenvalue weighted by atomic mass is 10.1. The molecule has 2 rings (SSSR count). The Labute approximate surface area is 69.4 Å². The van der Waals surface area contributed by atoms with Crippen molar-refractivity contribution in [2.75, 3.05) is 13.2 Å². The molecule has 0 amide bonds. The van der Waals surface area contributed by atoms with Crippen LogP contribution < -0.4 is 10.6 Å². The van der Waals surface area contributed by atoms with E-state index in [1.165, 1.54) is 0 Å². The average Bonchev–Trinajstić information content (AvgIpc) is 2.47. The third-order valence-corrected chi connectivity index (χ3v) is 2.05. The van der Waals surface area contributed by atoms with Gasteiger partial charge in [-0.3, -0.25) is 0 Å². The van der Waals surface area contributed by atoms with Gasteiger partial charge in [0.2, 0.25) is 0 Å². The Bertz CT molecular complexity index is 239. The maximum Gasteiger partial charge on any atom is 0.328 e. The molecule has 0 radical (unpaired) electrons. The highest BCUT2D eigenvalue weighted by atomic mass is 16.5. The molecule has 0 bridgehead atoms. The van der Waals surface area contributed by atoms with Crippen molar-refractivity contribution >= 4 is 5.97 Å². The van der Waals surface area contributed by atoms with Crippen molar-refractivity contribution < 1.29 is 14.6 Å². The first-order valence-corrected chi connectivity index (χ1v) is 3.84. The normalized spacial score (nSPS) is 32.8. The number of carbonyl (C=O) groups is 1. The first kappa shape index (κ1) is 7.42. The molecule has 5 heteroatoms. The highest BCUT2D eigenvalue weighted by Gasteiger charge is 2.37. The fraction of sp³-hybridized carbons (Fsp3) is 0.571. The molecular weight excluding hydrogens is 160 g/mol. The van der Waals surface area contributed by atoms with E-state index in [1.54, 1.807) is 6.20 Å². The monoisotopic (exact) mass is 170 g/mol. The van der Waals surface area contributed by atoms with Crippen molar-refractivity contribution in [2.24, 2.45) is 0 Å². The summed E-state index contributed by atoms with van der Waals surface area (Å²) < 4.78 is 5.26. The van der Waals surface area contributed by atoms with E-state index in [-0.39, 0.29) is 6.04 Å². The van der Waals surface area contributed by atoms with Gasteiger partial charge in [0, 0.05) is 12.7 Å². The van der Waals surface area contributed by atoms with Crippen molar-refractivity contribution in [3.8, 4) is 0 Å². The first-order chi connectivity index (χ1) is 5.79. The second-order valence-corrected chi connectivity index (χ2v) is 2.81. The molecule has 2 aliphatic heterocycles. The van der Waals surface area contributed by atoms with Gasteiger partial charge in [0.25, 0.3) is 0 Å². The minimum absolute atomic E-state index is 0.198. The van der Waals surface area contributed by atoms with E-state index in [2.05, 4.69) is 10.6 Å². The number of carboxylic acid groups (broad SMARTS) is 1. The molecule has 12 heavy (non-hydrogen) atoms. The van der Waals surface area contributed by atoms with E-state index in [4.69, 9.17) is 9.84 Å². The number of carboxylic acids is 1. The lowest BCUT2D eigenvalue weighted by Gasteiger charge is -2.25. The molecule has 2 heterocycles. The van der Waals surface area contributed by atoms with Gasteiger partial charge in [-0.2, -0.15) is 0 Å². The van der Waals surface area contributed by atoms with Crippen LogP contribution in [0.25, 0.3) is 0 Å². The molecule has 1 saturated heterocycles. The van der Waals surface area contributed by atoms with Crippen molar-refractivity contribution in [2.45, 2.75) is 12.1 Å². The molecule has 0 saturated carbocycles. The van der Waals surface area contributed by atoms with Gasteiger partial charge in [-0.1, -0.05) is 0 Å². The van der Waals surface area contributed by atoms with Gasteiger partial charge < -0.3 is 20.5 Å². The zero-order chi connectivity index (χ0) is 8.55. The van der Waals surface area contributed by atoms with Crippen LogP contribution in [-0.4, -0.2) is 36.3 Å². The van der Waals surface area contributed by atoms with Crippen molar-refractivity contribution in [3.63, 3.8) is 0 Å². The summed E-state index contributed by atoms with van der Waals surface area (Å²) in [5.74, 6) is -0.155. The van der Waals surface area contributed by atoms with E-state index in [1.807, 2.05) is 0 Å². The number of rotatable bonds is 1. The molecule has 2 aliphatic rings. The maximum atomic E-state index is 10.7. The molecule has 0 aliphatic carbocycles. The summed E-state index contributed by atoms with van der Waals surface area (Å²) in [4.78, 5) is 10.7. The van der Waals surface area contributed by atoms with E-state index < -0.39 is 12.0 Å². The third-order valence-electron chi connectivity index (χ3n) is 2.05. The zero-order valence-corrected chi connectivity index (χ0v) is 6.41. The number of fused-ring (bicyclic) bond motifs is 1. The molecule has 66 valence electrons. The van der Waals surface area contributed by atoms with E-state index >= 15 is 0 Å². The molecule has 3 N–H and O–H groups in total. The van der Waals surface area contributed by atoms with Gasteiger partial charge in [-0.05, 0) is 0 Å². The Morgan fingerprint density at radius 2 is 2.58 bits per heavy atom. The summed E-state index contributed by atoms with van der Waals surface area (Å²) in [6.07, 6.45) is 1.62. The van der Waals surface area contributed by atoms with Crippen LogP contribution in [0.15, 0.2) is 12.0 Å². The summed E-state index contributed by atoms with van der Waals surface area (Å²) in [6, 6.07) is -0.781. The fourth-order valence-corrected chi connectivity index (χ4v) is 1.47. The van der Waals surface area contributed by atoms with Crippen molar-refractivity contribution in [3.05, 3.63) is 12.0 Å². The Morgan fingerprint density at radius 1 is 1.75 bits per heavy atom. The summed E-state index contributed by atoms with van der Waals surface area (Å²) in [5, 5.41) is 14.6. The number of nitrogens with one attached hydrogen (secondary N) is 2. The van der Waals surface area contributed by atoms with Gasteiger partial charge in [0.15, 0.2) is 0 Å². The van der Waals surface area contributed by atoms with Crippen molar-refractivity contribution in [1.82, 2.24) is 10.6 Å². The average molecular weight is 170 g/mol. The lowest BCUT2D eigenvalue weighted by molar-refractivity contribution is -0.139. The largest absolute Gasteiger partial charge is 0.493 e.